The molecule has 2 aliphatic heterocycles. The van der Waals surface area contributed by atoms with Crippen molar-refractivity contribution in [1.29, 1.82) is 0 Å². The fourth-order valence-electron chi connectivity index (χ4n) is 4.95. The van der Waals surface area contributed by atoms with Gasteiger partial charge in [0.25, 0.3) is 0 Å². The molecule has 0 unspecified atom stereocenters. The van der Waals surface area contributed by atoms with E-state index in [4.69, 9.17) is 9.47 Å². The Labute approximate surface area is 203 Å². The van der Waals surface area contributed by atoms with Crippen LogP contribution in [0.1, 0.15) is 44.6 Å². The third-order valence-corrected chi connectivity index (χ3v) is 8.60. The summed E-state index contributed by atoms with van der Waals surface area (Å²) < 4.78 is 11.5. The Bertz CT molecular complexity index is 693. The van der Waals surface area contributed by atoms with Crippen molar-refractivity contribution in [2.75, 3.05) is 63.9 Å². The van der Waals surface area contributed by atoms with Crippen LogP contribution >= 0.6 is 10.0 Å². The largest absolute Gasteiger partial charge is 0.449 e. The van der Waals surface area contributed by atoms with Gasteiger partial charge < -0.3 is 14.4 Å². The molecule has 33 heavy (non-hydrogen) atoms. The molecule has 5 nitrogen and oxygen atoms in total. The monoisotopic (exact) mass is 478 g/mol. The van der Waals surface area contributed by atoms with Gasteiger partial charge in [0.2, 0.25) is 0 Å². The van der Waals surface area contributed by atoms with E-state index in [-0.39, 0.29) is 6.09 Å². The second kappa shape index (κ2) is 13.0. The number of amides is 1. The fraction of sp³-hybridized carbons (Fsp3) is 0.741. The maximum absolute atomic E-state index is 12.3. The van der Waals surface area contributed by atoms with Gasteiger partial charge >= 0.3 is 6.09 Å². The molecule has 0 aromatic heterocycles. The number of piperidine rings is 2. The SMILES string of the molecule is C[C@@H](COCc1ccccc1)N1CCC(CC2CCN(C(=O)OCCS(C)(C)C)CC2)CC1. The molecule has 1 atom stereocenters. The van der Waals surface area contributed by atoms with E-state index in [1.54, 1.807) is 0 Å². The first-order chi connectivity index (χ1) is 15.8. The number of ether oxygens (including phenoxy) is 2. The van der Waals surface area contributed by atoms with Gasteiger partial charge in [-0.05, 0) is 88.3 Å². The summed E-state index contributed by atoms with van der Waals surface area (Å²) in [6.45, 7) is 8.44. The topological polar surface area (TPSA) is 42.0 Å². The van der Waals surface area contributed by atoms with Crippen molar-refractivity contribution in [3.8, 4) is 0 Å². The predicted molar refractivity (Wildman–Crippen MR) is 140 cm³/mol. The fourth-order valence-corrected chi connectivity index (χ4v) is 5.53. The Hall–Kier alpha value is -1.24. The molecule has 2 aliphatic rings. The average Bonchev–Trinajstić information content (AvgIpc) is 2.80. The Balaban J connectivity index is 1.27. The third kappa shape index (κ3) is 9.50. The van der Waals surface area contributed by atoms with E-state index in [9.17, 15) is 4.79 Å². The normalized spacial score (nSPS) is 20.5. The minimum absolute atomic E-state index is 0.103. The second-order valence-electron chi connectivity index (χ2n) is 10.9. The van der Waals surface area contributed by atoms with E-state index in [0.717, 1.165) is 50.1 Å². The summed E-state index contributed by atoms with van der Waals surface area (Å²) in [5.74, 6) is 2.58. The molecule has 0 radical (unpaired) electrons. The molecule has 3 rings (SSSR count). The van der Waals surface area contributed by atoms with Gasteiger partial charge in [-0.3, -0.25) is 4.90 Å². The molecule has 0 saturated carbocycles. The van der Waals surface area contributed by atoms with Crippen LogP contribution in [0.15, 0.2) is 30.3 Å². The summed E-state index contributed by atoms with van der Waals surface area (Å²) in [5, 5.41) is 0. The van der Waals surface area contributed by atoms with Gasteiger partial charge in [-0.25, -0.2) is 14.8 Å². The van der Waals surface area contributed by atoms with Crippen LogP contribution in [-0.2, 0) is 16.1 Å². The van der Waals surface area contributed by atoms with Gasteiger partial charge in [0, 0.05) is 24.9 Å². The first-order valence-corrected chi connectivity index (χ1v) is 15.8. The quantitative estimate of drug-likeness (QED) is 0.461. The Morgan fingerprint density at radius 2 is 1.61 bits per heavy atom. The molecule has 1 aromatic rings. The lowest BCUT2D eigenvalue weighted by Gasteiger charge is -2.38. The first-order valence-electron chi connectivity index (χ1n) is 12.7. The van der Waals surface area contributed by atoms with Crippen molar-refractivity contribution in [2.45, 2.75) is 51.7 Å². The van der Waals surface area contributed by atoms with Gasteiger partial charge in [-0.15, -0.1) is 0 Å². The molecule has 188 valence electrons. The minimum atomic E-state index is -0.608. The Kier molecular flexibility index (Phi) is 10.4. The average molecular weight is 479 g/mol. The van der Waals surface area contributed by atoms with Crippen LogP contribution in [0.4, 0.5) is 4.79 Å². The lowest BCUT2D eigenvalue weighted by Crippen LogP contribution is -2.43. The van der Waals surface area contributed by atoms with Crippen molar-refractivity contribution in [3.63, 3.8) is 0 Å². The van der Waals surface area contributed by atoms with Crippen LogP contribution in [0.25, 0.3) is 0 Å². The molecule has 1 aromatic carbocycles. The Morgan fingerprint density at radius 3 is 2.21 bits per heavy atom. The van der Waals surface area contributed by atoms with Gasteiger partial charge in [0.15, 0.2) is 0 Å². The number of hydrogen-bond acceptors (Lipinski definition) is 4. The molecule has 0 spiro atoms. The lowest BCUT2D eigenvalue weighted by molar-refractivity contribution is 0.0377. The van der Waals surface area contributed by atoms with Gasteiger partial charge in [-0.2, -0.15) is 0 Å². The molecule has 1 amide bonds. The minimum Gasteiger partial charge on any atom is -0.449 e. The molecular formula is C27H46N2O3S. The summed E-state index contributed by atoms with van der Waals surface area (Å²) in [6.07, 6.45) is 12.8. The number of likely N-dealkylation sites (tertiary alicyclic amines) is 2. The predicted octanol–water partition coefficient (Wildman–Crippen LogP) is 5.24. The highest BCUT2D eigenvalue weighted by atomic mass is 32.3. The number of carbonyl (C=O) groups excluding carboxylic acids is 1. The maximum atomic E-state index is 12.3. The van der Waals surface area contributed by atoms with Crippen molar-refractivity contribution < 1.29 is 14.3 Å². The summed E-state index contributed by atoms with van der Waals surface area (Å²) in [7, 11) is -0.608. The van der Waals surface area contributed by atoms with E-state index in [0.29, 0.717) is 19.3 Å². The molecule has 2 heterocycles. The number of nitrogens with zero attached hydrogens (tertiary/aromatic N) is 2. The smallest absolute Gasteiger partial charge is 0.409 e. The number of carbonyl (C=O) groups is 1. The highest BCUT2D eigenvalue weighted by molar-refractivity contribution is 8.32. The standard InChI is InChI=1S/C27H46N2O3S/c1-23(21-31-22-26-8-6-5-7-9-26)28-14-10-24(11-15-28)20-25-12-16-29(17-13-25)27(30)32-18-19-33(2,3)4/h5-9,23-25H,10-22H2,1-4H3/t23-/m0/s1. The number of hydrogen-bond donors (Lipinski definition) is 0. The zero-order valence-corrected chi connectivity index (χ0v) is 22.2. The van der Waals surface area contributed by atoms with E-state index in [1.807, 2.05) is 11.0 Å². The molecule has 2 saturated heterocycles. The van der Waals surface area contributed by atoms with Crippen LogP contribution in [-0.4, -0.2) is 85.8 Å². The van der Waals surface area contributed by atoms with Crippen LogP contribution in [0.3, 0.4) is 0 Å². The molecular weight excluding hydrogens is 432 g/mol. The van der Waals surface area contributed by atoms with E-state index in [2.05, 4.69) is 54.9 Å². The number of benzene rings is 1. The highest BCUT2D eigenvalue weighted by Gasteiger charge is 2.28. The van der Waals surface area contributed by atoms with Crippen LogP contribution in [0.2, 0.25) is 0 Å². The van der Waals surface area contributed by atoms with Gasteiger partial charge in [0.05, 0.1) is 13.2 Å². The molecule has 6 heteroatoms. The first kappa shape index (κ1) is 26.4. The van der Waals surface area contributed by atoms with E-state index in [1.165, 1.54) is 37.9 Å². The zero-order chi connectivity index (χ0) is 23.7. The van der Waals surface area contributed by atoms with E-state index >= 15 is 0 Å². The molecule has 0 N–H and O–H groups in total. The van der Waals surface area contributed by atoms with Gasteiger partial charge in [0.1, 0.15) is 6.61 Å². The van der Waals surface area contributed by atoms with Crippen molar-refractivity contribution >= 4 is 16.1 Å². The van der Waals surface area contributed by atoms with Gasteiger partial charge in [-0.1, -0.05) is 30.3 Å². The van der Waals surface area contributed by atoms with Crippen LogP contribution in [0, 0.1) is 11.8 Å². The summed E-state index contributed by atoms with van der Waals surface area (Å²) >= 11 is 0. The Morgan fingerprint density at radius 1 is 1.00 bits per heavy atom. The van der Waals surface area contributed by atoms with Crippen LogP contribution in [0.5, 0.6) is 0 Å². The summed E-state index contributed by atoms with van der Waals surface area (Å²) in [5.41, 5.74) is 1.24. The summed E-state index contributed by atoms with van der Waals surface area (Å²) in [6, 6.07) is 10.9. The zero-order valence-electron chi connectivity index (χ0n) is 21.3. The van der Waals surface area contributed by atoms with Crippen molar-refractivity contribution in [1.82, 2.24) is 9.80 Å². The molecule has 0 bridgehead atoms. The van der Waals surface area contributed by atoms with E-state index < -0.39 is 10.0 Å². The lowest BCUT2D eigenvalue weighted by atomic mass is 9.82. The highest BCUT2D eigenvalue weighted by Crippen LogP contribution is 2.34. The third-order valence-electron chi connectivity index (χ3n) is 7.20. The van der Waals surface area contributed by atoms with Crippen molar-refractivity contribution in [2.24, 2.45) is 11.8 Å². The summed E-state index contributed by atoms with van der Waals surface area (Å²) in [4.78, 5) is 16.9. The maximum Gasteiger partial charge on any atom is 0.409 e. The van der Waals surface area contributed by atoms with Crippen molar-refractivity contribution in [3.05, 3.63) is 35.9 Å². The van der Waals surface area contributed by atoms with Crippen LogP contribution < -0.4 is 0 Å². The number of rotatable bonds is 10. The molecule has 2 fully saturated rings. The molecule has 0 aliphatic carbocycles. The second-order valence-corrected chi connectivity index (χ2v) is 15.5.